The lowest BCUT2D eigenvalue weighted by molar-refractivity contribution is -0.0636. The molecule has 1 N–H and O–H groups in total. The molecule has 0 radical (unpaired) electrons. The smallest absolute Gasteiger partial charge is 0.127 e. The molecule has 0 amide bonds. The largest absolute Gasteiger partial charge is 0.393 e. The summed E-state index contributed by atoms with van der Waals surface area (Å²) in [7, 11) is 0. The Labute approximate surface area is 130 Å². The highest BCUT2D eigenvalue weighted by Crippen LogP contribution is 2.31. The highest BCUT2D eigenvalue weighted by molar-refractivity contribution is 5.33. The van der Waals surface area contributed by atoms with Gasteiger partial charge >= 0.3 is 0 Å². The number of ether oxygens (including phenoxy) is 1. The number of likely N-dealkylation sites (tertiary alicyclic amines) is 1. The van der Waals surface area contributed by atoms with E-state index in [1.54, 1.807) is 6.07 Å². The molecule has 3 atom stereocenters. The Balaban J connectivity index is 1.75. The molecule has 0 unspecified atom stereocenters. The van der Waals surface area contributed by atoms with Crippen molar-refractivity contribution in [1.82, 2.24) is 4.90 Å². The molecule has 1 aromatic carbocycles. The number of nitrogens with zero attached hydrogens (tertiary/aromatic N) is 2. The highest BCUT2D eigenvalue weighted by Gasteiger charge is 2.37. The fourth-order valence-corrected chi connectivity index (χ4v) is 3.63. The third-order valence-corrected chi connectivity index (χ3v) is 4.82. The number of halogens is 1. The molecule has 2 aliphatic rings. The zero-order valence-electron chi connectivity index (χ0n) is 12.5. The van der Waals surface area contributed by atoms with Crippen LogP contribution in [0.2, 0.25) is 0 Å². The van der Waals surface area contributed by atoms with Gasteiger partial charge in [0, 0.05) is 30.7 Å². The van der Waals surface area contributed by atoms with E-state index in [1.807, 2.05) is 0 Å². The van der Waals surface area contributed by atoms with Crippen molar-refractivity contribution in [1.29, 1.82) is 5.26 Å². The van der Waals surface area contributed by atoms with E-state index < -0.39 is 0 Å². The zero-order valence-corrected chi connectivity index (χ0v) is 12.5. The molecule has 2 aliphatic heterocycles. The first-order chi connectivity index (χ1) is 10.7. The summed E-state index contributed by atoms with van der Waals surface area (Å²) in [5, 5.41) is 19.2. The minimum absolute atomic E-state index is 0.0958. The maximum Gasteiger partial charge on any atom is 0.127 e. The van der Waals surface area contributed by atoms with Gasteiger partial charge in [0.1, 0.15) is 5.82 Å². The standard InChI is InChI=1S/C17H21FN2O2/c18-15-4-3-12(9-19)8-13(15)10-20-6-1-2-16(20)14-11-22-7-5-17(14)21/h3-4,8,14,16-17,21H,1-2,5-7,10-11H2/t14-,16-,17-/m1/s1. The molecule has 1 aromatic rings. The predicted octanol–water partition coefficient (Wildman–Crippen LogP) is 2.06. The van der Waals surface area contributed by atoms with Crippen molar-refractivity contribution >= 4 is 0 Å². The first kappa shape index (κ1) is 15.4. The monoisotopic (exact) mass is 304 g/mol. The minimum atomic E-state index is -0.338. The number of benzene rings is 1. The summed E-state index contributed by atoms with van der Waals surface area (Å²) in [6.07, 6.45) is 2.39. The van der Waals surface area contributed by atoms with Crippen LogP contribution in [0.1, 0.15) is 30.4 Å². The second kappa shape index (κ2) is 6.74. The molecule has 5 heteroatoms. The molecule has 0 spiro atoms. The Morgan fingerprint density at radius 1 is 1.41 bits per heavy atom. The third-order valence-electron chi connectivity index (χ3n) is 4.82. The summed E-state index contributed by atoms with van der Waals surface area (Å²) >= 11 is 0. The topological polar surface area (TPSA) is 56.5 Å². The van der Waals surface area contributed by atoms with Crippen LogP contribution in [0.4, 0.5) is 4.39 Å². The molecule has 2 saturated heterocycles. The summed E-state index contributed by atoms with van der Waals surface area (Å²) in [4.78, 5) is 2.22. The van der Waals surface area contributed by atoms with Crippen molar-refractivity contribution in [2.45, 2.75) is 38.0 Å². The van der Waals surface area contributed by atoms with Crippen LogP contribution < -0.4 is 0 Å². The van der Waals surface area contributed by atoms with Gasteiger partial charge in [0.2, 0.25) is 0 Å². The Bertz CT molecular complexity index is 572. The molecule has 0 aromatic heterocycles. The van der Waals surface area contributed by atoms with Crippen LogP contribution in [0.3, 0.4) is 0 Å². The van der Waals surface area contributed by atoms with Crippen LogP contribution in [0.15, 0.2) is 18.2 Å². The molecule has 3 rings (SSSR count). The van der Waals surface area contributed by atoms with E-state index in [-0.39, 0.29) is 23.9 Å². The fourth-order valence-electron chi connectivity index (χ4n) is 3.63. The van der Waals surface area contributed by atoms with E-state index in [0.29, 0.717) is 37.3 Å². The number of hydrogen-bond acceptors (Lipinski definition) is 4. The van der Waals surface area contributed by atoms with Crippen LogP contribution in [-0.2, 0) is 11.3 Å². The maximum atomic E-state index is 14.0. The van der Waals surface area contributed by atoms with Gasteiger partial charge in [-0.2, -0.15) is 5.26 Å². The van der Waals surface area contributed by atoms with E-state index in [1.165, 1.54) is 12.1 Å². The lowest BCUT2D eigenvalue weighted by atomic mass is 9.89. The molecule has 22 heavy (non-hydrogen) atoms. The predicted molar refractivity (Wildman–Crippen MR) is 79.5 cm³/mol. The van der Waals surface area contributed by atoms with E-state index in [4.69, 9.17) is 10.00 Å². The summed E-state index contributed by atoms with van der Waals surface area (Å²) in [6.45, 7) is 2.56. The number of hydrogen-bond donors (Lipinski definition) is 1. The lowest BCUT2D eigenvalue weighted by Gasteiger charge is -2.37. The molecular weight excluding hydrogens is 283 g/mol. The van der Waals surface area contributed by atoms with Gasteiger partial charge in [0.05, 0.1) is 24.3 Å². The SMILES string of the molecule is N#Cc1ccc(F)c(CN2CCC[C@@H]2[C@H]2COCC[C@H]2O)c1. The number of aliphatic hydroxyl groups is 1. The Morgan fingerprint density at radius 2 is 2.27 bits per heavy atom. The van der Waals surface area contributed by atoms with Crippen molar-refractivity contribution in [3.63, 3.8) is 0 Å². The van der Waals surface area contributed by atoms with Crippen molar-refractivity contribution in [3.05, 3.63) is 35.1 Å². The van der Waals surface area contributed by atoms with E-state index in [2.05, 4.69) is 11.0 Å². The van der Waals surface area contributed by atoms with Gasteiger partial charge in [-0.15, -0.1) is 0 Å². The molecule has 0 bridgehead atoms. The van der Waals surface area contributed by atoms with Crippen LogP contribution in [-0.4, -0.2) is 41.9 Å². The molecule has 2 fully saturated rings. The summed E-state index contributed by atoms with van der Waals surface area (Å²) in [5.41, 5.74) is 1.03. The maximum absolute atomic E-state index is 14.0. The average molecular weight is 304 g/mol. The molecule has 0 saturated carbocycles. The average Bonchev–Trinajstić information content (AvgIpc) is 2.98. The number of nitriles is 1. The highest BCUT2D eigenvalue weighted by atomic mass is 19.1. The van der Waals surface area contributed by atoms with Gasteiger partial charge in [-0.3, -0.25) is 4.90 Å². The first-order valence-electron chi connectivity index (χ1n) is 7.87. The molecule has 4 nitrogen and oxygen atoms in total. The van der Waals surface area contributed by atoms with Crippen molar-refractivity contribution in [3.8, 4) is 6.07 Å². The zero-order chi connectivity index (χ0) is 15.5. The number of rotatable bonds is 3. The first-order valence-corrected chi connectivity index (χ1v) is 7.87. The van der Waals surface area contributed by atoms with E-state index >= 15 is 0 Å². The Hall–Kier alpha value is -1.48. The van der Waals surface area contributed by atoms with Crippen LogP contribution in [0, 0.1) is 23.1 Å². The fraction of sp³-hybridized carbons (Fsp3) is 0.588. The van der Waals surface area contributed by atoms with Crippen LogP contribution in [0.5, 0.6) is 0 Å². The van der Waals surface area contributed by atoms with Gasteiger partial charge in [-0.05, 0) is 44.0 Å². The van der Waals surface area contributed by atoms with Crippen molar-refractivity contribution in [2.24, 2.45) is 5.92 Å². The molecule has 0 aliphatic carbocycles. The van der Waals surface area contributed by atoms with Gasteiger partial charge in [0.15, 0.2) is 0 Å². The van der Waals surface area contributed by atoms with Gasteiger partial charge in [0.25, 0.3) is 0 Å². The summed E-state index contributed by atoms with van der Waals surface area (Å²) in [6, 6.07) is 6.76. The van der Waals surface area contributed by atoms with Crippen molar-refractivity contribution in [2.75, 3.05) is 19.8 Å². The van der Waals surface area contributed by atoms with E-state index in [0.717, 1.165) is 19.4 Å². The molecular formula is C17H21FN2O2. The van der Waals surface area contributed by atoms with Gasteiger partial charge < -0.3 is 9.84 Å². The van der Waals surface area contributed by atoms with Crippen molar-refractivity contribution < 1.29 is 14.2 Å². The second-order valence-electron chi connectivity index (χ2n) is 6.19. The van der Waals surface area contributed by atoms with Crippen LogP contribution in [0.25, 0.3) is 0 Å². The summed E-state index contributed by atoms with van der Waals surface area (Å²) < 4.78 is 19.5. The van der Waals surface area contributed by atoms with Gasteiger partial charge in [-0.1, -0.05) is 0 Å². The summed E-state index contributed by atoms with van der Waals surface area (Å²) in [5.74, 6) is -0.177. The van der Waals surface area contributed by atoms with Gasteiger partial charge in [-0.25, -0.2) is 4.39 Å². The van der Waals surface area contributed by atoms with Crippen LogP contribution >= 0.6 is 0 Å². The lowest BCUT2D eigenvalue weighted by Crippen LogP contribution is -2.45. The molecule has 2 heterocycles. The minimum Gasteiger partial charge on any atom is -0.393 e. The second-order valence-corrected chi connectivity index (χ2v) is 6.19. The normalized spacial score (nSPS) is 29.4. The van der Waals surface area contributed by atoms with E-state index in [9.17, 15) is 9.50 Å². The third kappa shape index (κ3) is 3.14. The Kier molecular flexibility index (Phi) is 4.72. The Morgan fingerprint density at radius 3 is 3.05 bits per heavy atom. The molecule has 118 valence electrons. The quantitative estimate of drug-likeness (QED) is 0.928. The number of aliphatic hydroxyl groups excluding tert-OH is 1.